The molecule has 0 aliphatic heterocycles. The zero-order chi connectivity index (χ0) is 5.91. The molecule has 0 saturated heterocycles. The van der Waals surface area contributed by atoms with E-state index in [9.17, 15) is 0 Å². The first-order valence-electron chi connectivity index (χ1n) is 1.60. The van der Waals surface area contributed by atoms with E-state index in [4.69, 9.17) is 20.6 Å². The van der Waals surface area contributed by atoms with Crippen LogP contribution in [0.4, 0.5) is 0 Å². The molecule has 0 spiro atoms. The van der Waals surface area contributed by atoms with Gasteiger partial charge < -0.3 is 15.3 Å². The Balaban J connectivity index is 3.40. The highest BCUT2D eigenvalue weighted by atomic mass is 16.7. The van der Waals surface area contributed by atoms with E-state index in [0.717, 1.165) is 0 Å². The van der Waals surface area contributed by atoms with Gasteiger partial charge in [-0.25, -0.2) is 0 Å². The third-order valence-electron chi connectivity index (χ3n) is 0.316. The van der Waals surface area contributed by atoms with Crippen molar-refractivity contribution in [2.45, 2.75) is 12.4 Å². The molecule has 4 nitrogen and oxygen atoms in total. The van der Waals surface area contributed by atoms with Crippen LogP contribution in [0.3, 0.4) is 0 Å². The Kier molecular flexibility index (Phi) is 1.72. The lowest BCUT2D eigenvalue weighted by Crippen LogP contribution is -2.25. The van der Waals surface area contributed by atoms with Crippen LogP contribution in [0.25, 0.3) is 0 Å². The van der Waals surface area contributed by atoms with Gasteiger partial charge in [0, 0.05) is 0 Å². The predicted molar refractivity (Wildman–Crippen MR) is 19.6 cm³/mol. The molecular weight excluding hydrogens is 98.0 g/mol. The Morgan fingerprint density at radius 1 is 1.43 bits per heavy atom. The molecule has 4 heteroatoms. The van der Waals surface area contributed by atoms with Gasteiger partial charge in [0.1, 0.15) is 6.42 Å². The second kappa shape index (κ2) is 1.89. The van der Waals surface area contributed by atoms with E-state index in [1.54, 1.807) is 0 Å². The molecule has 0 bridgehead atoms. The van der Waals surface area contributed by atoms with Crippen LogP contribution >= 0.6 is 0 Å². The predicted octanol–water partition coefficient (Wildman–Crippen LogP) is -1.47. The summed E-state index contributed by atoms with van der Waals surface area (Å²) in [4.78, 5) is 0. The van der Waals surface area contributed by atoms with Crippen LogP contribution in [0.15, 0.2) is 0 Å². The van der Waals surface area contributed by atoms with Crippen LogP contribution in [0, 0.1) is 11.3 Å². The van der Waals surface area contributed by atoms with Gasteiger partial charge in [0.25, 0.3) is 5.97 Å². The number of hydrogen-bond acceptors (Lipinski definition) is 4. The minimum absolute atomic E-state index is 0.688. The van der Waals surface area contributed by atoms with Crippen molar-refractivity contribution in [3.63, 3.8) is 0 Å². The van der Waals surface area contributed by atoms with Crippen molar-refractivity contribution in [3.8, 4) is 6.07 Å². The maximum absolute atomic E-state index is 7.91. The van der Waals surface area contributed by atoms with Crippen molar-refractivity contribution in [1.29, 1.82) is 5.26 Å². The summed E-state index contributed by atoms with van der Waals surface area (Å²) in [5, 5.41) is 31.4. The van der Waals surface area contributed by atoms with E-state index < -0.39 is 12.4 Å². The van der Waals surface area contributed by atoms with Crippen molar-refractivity contribution < 1.29 is 15.3 Å². The molecule has 0 aliphatic rings. The number of rotatable bonds is 1. The molecule has 40 valence electrons. The lowest BCUT2D eigenvalue weighted by molar-refractivity contribution is -0.307. The lowest BCUT2D eigenvalue weighted by atomic mass is 10.4. The van der Waals surface area contributed by atoms with Gasteiger partial charge in [-0.1, -0.05) is 0 Å². The molecule has 7 heavy (non-hydrogen) atoms. The molecule has 0 atom stereocenters. The molecule has 0 aliphatic carbocycles. The van der Waals surface area contributed by atoms with Gasteiger partial charge in [-0.05, 0) is 0 Å². The summed E-state index contributed by atoms with van der Waals surface area (Å²) >= 11 is 0. The third-order valence-corrected chi connectivity index (χ3v) is 0.316. The third kappa shape index (κ3) is 5.37. The first-order valence-corrected chi connectivity index (χ1v) is 1.60. The molecule has 0 fully saturated rings. The van der Waals surface area contributed by atoms with Gasteiger partial charge in [-0.15, -0.1) is 0 Å². The number of nitrogens with zero attached hydrogens (tertiary/aromatic N) is 1. The molecule has 0 aromatic rings. The van der Waals surface area contributed by atoms with Crippen molar-refractivity contribution in [3.05, 3.63) is 0 Å². The SMILES string of the molecule is N#CCC(O)(O)O. The van der Waals surface area contributed by atoms with E-state index >= 15 is 0 Å². The molecular formula is C3H5NO3. The van der Waals surface area contributed by atoms with Crippen LogP contribution < -0.4 is 0 Å². The number of nitriles is 1. The topological polar surface area (TPSA) is 84.5 Å². The normalized spacial score (nSPS) is 10.6. The van der Waals surface area contributed by atoms with Crippen molar-refractivity contribution in [1.82, 2.24) is 0 Å². The largest absolute Gasteiger partial charge is 0.343 e. The van der Waals surface area contributed by atoms with Gasteiger partial charge in [-0.2, -0.15) is 5.26 Å². The summed E-state index contributed by atoms with van der Waals surface area (Å²) in [7, 11) is 0. The Morgan fingerprint density at radius 3 is 1.86 bits per heavy atom. The van der Waals surface area contributed by atoms with Crippen molar-refractivity contribution in [2.24, 2.45) is 0 Å². The van der Waals surface area contributed by atoms with Gasteiger partial charge in [0.2, 0.25) is 0 Å². The minimum atomic E-state index is -2.81. The summed E-state index contributed by atoms with van der Waals surface area (Å²) in [6, 6.07) is 1.36. The minimum Gasteiger partial charge on any atom is -0.343 e. The van der Waals surface area contributed by atoms with Crippen LogP contribution in [0.1, 0.15) is 6.42 Å². The Morgan fingerprint density at radius 2 is 1.86 bits per heavy atom. The first kappa shape index (κ1) is 6.37. The maximum Gasteiger partial charge on any atom is 0.289 e. The molecule has 0 rings (SSSR count). The van der Waals surface area contributed by atoms with E-state index in [-0.39, 0.29) is 0 Å². The van der Waals surface area contributed by atoms with E-state index in [1.807, 2.05) is 0 Å². The molecule has 3 N–H and O–H groups in total. The number of hydrogen-bond donors (Lipinski definition) is 3. The maximum atomic E-state index is 7.91. The highest BCUT2D eigenvalue weighted by molar-refractivity contribution is 4.72. The smallest absolute Gasteiger partial charge is 0.289 e. The fraction of sp³-hybridized carbons (Fsp3) is 0.667. The highest BCUT2D eigenvalue weighted by Crippen LogP contribution is 1.95. The van der Waals surface area contributed by atoms with Gasteiger partial charge in [-0.3, -0.25) is 0 Å². The van der Waals surface area contributed by atoms with Crippen LogP contribution in [0.5, 0.6) is 0 Å². The molecule has 0 unspecified atom stereocenters. The lowest BCUT2D eigenvalue weighted by Gasteiger charge is -2.06. The molecule has 0 saturated carbocycles. The fourth-order valence-corrected chi connectivity index (χ4v) is 0.106. The quantitative estimate of drug-likeness (QED) is 0.354. The molecule has 0 amide bonds. The second-order valence-corrected chi connectivity index (χ2v) is 1.11. The molecule has 0 aromatic heterocycles. The monoisotopic (exact) mass is 103 g/mol. The summed E-state index contributed by atoms with van der Waals surface area (Å²) in [5.41, 5.74) is 0. The Labute approximate surface area is 40.2 Å². The fourth-order valence-electron chi connectivity index (χ4n) is 0.106. The summed E-state index contributed by atoms with van der Waals surface area (Å²) < 4.78 is 0. The average Bonchev–Trinajstić information content (AvgIpc) is 1.30. The molecule has 0 aromatic carbocycles. The van der Waals surface area contributed by atoms with E-state index in [2.05, 4.69) is 0 Å². The van der Waals surface area contributed by atoms with E-state index in [1.165, 1.54) is 6.07 Å². The summed E-state index contributed by atoms with van der Waals surface area (Å²) in [5.74, 6) is -2.81. The number of aliphatic hydroxyl groups is 3. The van der Waals surface area contributed by atoms with Crippen LogP contribution in [0.2, 0.25) is 0 Å². The first-order chi connectivity index (χ1) is 3.06. The van der Waals surface area contributed by atoms with Gasteiger partial charge in [0.05, 0.1) is 6.07 Å². The van der Waals surface area contributed by atoms with Crippen LogP contribution in [-0.4, -0.2) is 21.3 Å². The second-order valence-electron chi connectivity index (χ2n) is 1.11. The van der Waals surface area contributed by atoms with E-state index in [0.29, 0.717) is 0 Å². The zero-order valence-electron chi connectivity index (χ0n) is 3.50. The highest BCUT2D eigenvalue weighted by Gasteiger charge is 2.15. The Bertz CT molecular complexity index is 87.3. The van der Waals surface area contributed by atoms with Crippen molar-refractivity contribution in [2.75, 3.05) is 0 Å². The molecule has 0 heterocycles. The average molecular weight is 103 g/mol. The van der Waals surface area contributed by atoms with Crippen LogP contribution in [-0.2, 0) is 0 Å². The van der Waals surface area contributed by atoms with Gasteiger partial charge >= 0.3 is 0 Å². The molecule has 0 radical (unpaired) electrons. The zero-order valence-corrected chi connectivity index (χ0v) is 3.50. The summed E-state index contributed by atoms with van der Waals surface area (Å²) in [6.45, 7) is 0. The Hall–Kier alpha value is -0.630. The van der Waals surface area contributed by atoms with Crippen molar-refractivity contribution >= 4 is 0 Å². The summed E-state index contributed by atoms with van der Waals surface area (Å²) in [6.07, 6.45) is -0.688. The standard InChI is InChI=1S/C3H5NO3/c4-2-1-3(5,6)7/h5-7H,1H2. The van der Waals surface area contributed by atoms with Gasteiger partial charge in [0.15, 0.2) is 0 Å².